The lowest BCUT2D eigenvalue weighted by Crippen LogP contribution is -2.42. The molecule has 2 atom stereocenters. The van der Waals surface area contributed by atoms with Gasteiger partial charge in [-0.15, -0.1) is 0 Å². The fraction of sp³-hybridized carbons (Fsp3) is 0.357. The molecule has 0 radical (unpaired) electrons. The third-order valence-electron chi connectivity index (χ3n) is 6.43. The van der Waals surface area contributed by atoms with Crippen molar-refractivity contribution in [2.75, 3.05) is 6.61 Å². The normalized spacial score (nSPS) is 20.6. The van der Waals surface area contributed by atoms with Crippen molar-refractivity contribution in [2.24, 2.45) is 11.8 Å². The molecule has 0 unspecified atom stereocenters. The summed E-state index contributed by atoms with van der Waals surface area (Å²) in [4.78, 5) is 2.67. The maximum Gasteiger partial charge on any atom is 0.0717 e. The van der Waals surface area contributed by atoms with Gasteiger partial charge < -0.3 is 4.74 Å². The Balaban J connectivity index is 1.55. The van der Waals surface area contributed by atoms with Gasteiger partial charge in [-0.2, -0.15) is 0 Å². The largest absolute Gasteiger partial charge is 0.375 e. The molecule has 30 heavy (non-hydrogen) atoms. The van der Waals surface area contributed by atoms with Crippen LogP contribution >= 0.6 is 0 Å². The van der Waals surface area contributed by atoms with Crippen molar-refractivity contribution in [3.8, 4) is 0 Å². The molecule has 0 amide bonds. The quantitative estimate of drug-likeness (QED) is 0.395. The first-order valence-corrected chi connectivity index (χ1v) is 11.1. The zero-order chi connectivity index (χ0) is 20.8. The Kier molecular flexibility index (Phi) is 6.66. The second-order valence-corrected chi connectivity index (χ2v) is 8.96. The van der Waals surface area contributed by atoms with Gasteiger partial charge in [0.05, 0.1) is 13.2 Å². The first-order valence-electron chi connectivity index (χ1n) is 11.1. The smallest absolute Gasteiger partial charge is 0.0717 e. The average Bonchev–Trinajstić information content (AvgIpc) is 3.52. The van der Waals surface area contributed by atoms with E-state index in [4.69, 9.17) is 4.74 Å². The molecule has 0 aliphatic heterocycles. The maximum absolute atomic E-state index is 6.34. The Labute approximate surface area is 181 Å². The molecule has 3 aromatic rings. The molecule has 1 saturated carbocycles. The molecule has 156 valence electrons. The van der Waals surface area contributed by atoms with Gasteiger partial charge in [0.1, 0.15) is 0 Å². The van der Waals surface area contributed by atoms with Crippen molar-refractivity contribution in [1.82, 2.24) is 4.90 Å². The third kappa shape index (κ3) is 5.00. The van der Waals surface area contributed by atoms with Crippen LogP contribution in [0.4, 0.5) is 0 Å². The maximum atomic E-state index is 6.34. The molecule has 0 saturated heterocycles. The summed E-state index contributed by atoms with van der Waals surface area (Å²) in [5, 5.41) is 0. The minimum Gasteiger partial charge on any atom is -0.375 e. The Hall–Kier alpha value is -2.42. The predicted octanol–water partition coefficient (Wildman–Crippen LogP) is 6.32. The topological polar surface area (TPSA) is 12.5 Å². The summed E-state index contributed by atoms with van der Waals surface area (Å²) in [6, 6.07) is 32.2. The van der Waals surface area contributed by atoms with Crippen LogP contribution in [0.25, 0.3) is 0 Å². The lowest BCUT2D eigenvalue weighted by atomic mass is 10.0. The van der Waals surface area contributed by atoms with Gasteiger partial charge in [-0.25, -0.2) is 0 Å². The zero-order valence-corrected chi connectivity index (χ0v) is 18.2. The van der Waals surface area contributed by atoms with Crippen molar-refractivity contribution in [2.45, 2.75) is 45.5 Å². The van der Waals surface area contributed by atoms with E-state index in [2.05, 4.69) is 110 Å². The van der Waals surface area contributed by atoms with E-state index in [0.29, 0.717) is 18.4 Å². The molecule has 4 rings (SSSR count). The first kappa shape index (κ1) is 20.8. The van der Waals surface area contributed by atoms with Gasteiger partial charge in [0.15, 0.2) is 0 Å². The predicted molar refractivity (Wildman–Crippen MR) is 124 cm³/mol. The van der Waals surface area contributed by atoms with Gasteiger partial charge in [0.25, 0.3) is 0 Å². The van der Waals surface area contributed by atoms with E-state index < -0.39 is 0 Å². The van der Waals surface area contributed by atoms with Gasteiger partial charge in [0.2, 0.25) is 0 Å². The van der Waals surface area contributed by atoms with Crippen LogP contribution in [0.1, 0.15) is 37.0 Å². The summed E-state index contributed by atoms with van der Waals surface area (Å²) in [5.41, 5.74) is 4.08. The Morgan fingerprint density at radius 2 is 1.23 bits per heavy atom. The number of hydrogen-bond acceptors (Lipinski definition) is 2. The van der Waals surface area contributed by atoms with Crippen molar-refractivity contribution < 1.29 is 4.74 Å². The van der Waals surface area contributed by atoms with E-state index in [1.54, 1.807) is 0 Å². The molecule has 0 heterocycles. The minimum atomic E-state index is 0.106. The molecule has 1 aliphatic rings. The Morgan fingerprint density at radius 1 is 0.767 bits per heavy atom. The average molecular weight is 400 g/mol. The summed E-state index contributed by atoms with van der Waals surface area (Å²) >= 11 is 0. The van der Waals surface area contributed by atoms with Gasteiger partial charge in [-0.3, -0.25) is 4.90 Å². The Morgan fingerprint density at radius 3 is 1.67 bits per heavy atom. The standard InChI is InChI=1S/C28H33NO/c1-23(2)27-18-28(27,22-30-21-26-16-10-5-11-17-26)29(19-24-12-6-3-7-13-24)20-25-14-8-4-9-15-25/h3-17,23,27H,18-22H2,1-2H3/t27-,28+/m1/s1. The van der Waals surface area contributed by atoms with Crippen LogP contribution in [0.5, 0.6) is 0 Å². The van der Waals surface area contributed by atoms with Crippen molar-refractivity contribution >= 4 is 0 Å². The number of nitrogens with zero attached hydrogens (tertiary/aromatic N) is 1. The lowest BCUT2D eigenvalue weighted by Gasteiger charge is -2.34. The Bertz CT molecular complexity index is 852. The molecule has 1 fully saturated rings. The fourth-order valence-electron chi connectivity index (χ4n) is 4.70. The fourth-order valence-corrected chi connectivity index (χ4v) is 4.70. The van der Waals surface area contributed by atoms with Gasteiger partial charge in [0, 0.05) is 18.6 Å². The number of hydrogen-bond donors (Lipinski definition) is 0. The molecule has 3 aromatic carbocycles. The zero-order valence-electron chi connectivity index (χ0n) is 18.2. The number of rotatable bonds is 10. The second-order valence-electron chi connectivity index (χ2n) is 8.96. The third-order valence-corrected chi connectivity index (χ3v) is 6.43. The first-order chi connectivity index (χ1) is 14.7. The van der Waals surface area contributed by atoms with Gasteiger partial charge in [-0.1, -0.05) is 105 Å². The molecular formula is C28H33NO. The summed E-state index contributed by atoms with van der Waals surface area (Å²) in [6.45, 7) is 8.07. The van der Waals surface area contributed by atoms with Crippen LogP contribution in [-0.4, -0.2) is 17.0 Å². The molecule has 1 aliphatic carbocycles. The molecule has 2 nitrogen and oxygen atoms in total. The van der Waals surface area contributed by atoms with Crippen LogP contribution in [0, 0.1) is 11.8 Å². The van der Waals surface area contributed by atoms with Crippen molar-refractivity contribution in [1.29, 1.82) is 0 Å². The number of benzene rings is 3. The molecule has 0 spiro atoms. The summed E-state index contributed by atoms with van der Waals surface area (Å²) in [7, 11) is 0. The van der Waals surface area contributed by atoms with E-state index in [1.807, 2.05) is 0 Å². The van der Waals surface area contributed by atoms with E-state index in [0.717, 1.165) is 19.7 Å². The second kappa shape index (κ2) is 9.59. The van der Waals surface area contributed by atoms with Crippen LogP contribution in [0.2, 0.25) is 0 Å². The molecule has 2 heteroatoms. The molecular weight excluding hydrogens is 366 g/mol. The van der Waals surface area contributed by atoms with Crippen LogP contribution in [0.15, 0.2) is 91.0 Å². The summed E-state index contributed by atoms with van der Waals surface area (Å²) < 4.78 is 6.34. The summed E-state index contributed by atoms with van der Waals surface area (Å²) in [5.74, 6) is 1.32. The SMILES string of the molecule is CC(C)[C@H]1C[C@@]1(COCc1ccccc1)N(Cc1ccccc1)Cc1ccccc1. The molecule has 0 N–H and O–H groups in total. The van der Waals surface area contributed by atoms with E-state index in [-0.39, 0.29) is 5.54 Å². The van der Waals surface area contributed by atoms with E-state index in [1.165, 1.54) is 23.1 Å². The summed E-state index contributed by atoms with van der Waals surface area (Å²) in [6.07, 6.45) is 1.21. The van der Waals surface area contributed by atoms with Gasteiger partial charge >= 0.3 is 0 Å². The van der Waals surface area contributed by atoms with Crippen LogP contribution in [-0.2, 0) is 24.4 Å². The van der Waals surface area contributed by atoms with E-state index >= 15 is 0 Å². The highest BCUT2D eigenvalue weighted by molar-refractivity contribution is 5.22. The molecule has 0 aromatic heterocycles. The van der Waals surface area contributed by atoms with Crippen LogP contribution in [0.3, 0.4) is 0 Å². The highest BCUT2D eigenvalue weighted by Gasteiger charge is 2.59. The minimum absolute atomic E-state index is 0.106. The van der Waals surface area contributed by atoms with Gasteiger partial charge in [-0.05, 0) is 34.9 Å². The monoisotopic (exact) mass is 399 g/mol. The lowest BCUT2D eigenvalue weighted by molar-refractivity contribution is 0.0179. The number of ether oxygens (including phenoxy) is 1. The van der Waals surface area contributed by atoms with Crippen LogP contribution < -0.4 is 0 Å². The highest BCUT2D eigenvalue weighted by atomic mass is 16.5. The van der Waals surface area contributed by atoms with E-state index in [9.17, 15) is 0 Å². The van der Waals surface area contributed by atoms with Crippen molar-refractivity contribution in [3.05, 3.63) is 108 Å². The van der Waals surface area contributed by atoms with Crippen molar-refractivity contribution in [3.63, 3.8) is 0 Å². The molecule has 0 bridgehead atoms. The highest BCUT2D eigenvalue weighted by Crippen LogP contribution is 2.54.